The highest BCUT2D eigenvalue weighted by Crippen LogP contribution is 2.31. The molecule has 2 saturated heterocycles. The average molecular weight is 445 g/mol. The van der Waals surface area contributed by atoms with Crippen LogP contribution < -0.4 is 5.32 Å². The van der Waals surface area contributed by atoms with Crippen LogP contribution in [0.1, 0.15) is 37.4 Å². The first-order valence-corrected chi connectivity index (χ1v) is 12.5. The van der Waals surface area contributed by atoms with Crippen LogP contribution in [0.15, 0.2) is 65.9 Å². The first kappa shape index (κ1) is 22.0. The Morgan fingerprint density at radius 3 is 2.82 bits per heavy atom. The van der Waals surface area contributed by atoms with E-state index in [0.717, 1.165) is 62.4 Å². The van der Waals surface area contributed by atoms with Crippen molar-refractivity contribution in [1.82, 2.24) is 24.5 Å². The lowest BCUT2D eigenvalue weighted by Gasteiger charge is -2.48. The van der Waals surface area contributed by atoms with Crippen LogP contribution in [-0.2, 0) is 13.0 Å². The van der Waals surface area contributed by atoms with Gasteiger partial charge in [-0.3, -0.25) is 9.89 Å². The molecule has 0 spiro atoms. The molecule has 0 bridgehead atoms. The molecular weight excluding hydrogens is 408 g/mol. The summed E-state index contributed by atoms with van der Waals surface area (Å²) in [6, 6.07) is 17.8. The first-order chi connectivity index (χ1) is 16.3. The maximum absolute atomic E-state index is 5.00. The van der Waals surface area contributed by atoms with Crippen LogP contribution in [-0.4, -0.2) is 63.9 Å². The Kier molecular flexibility index (Phi) is 6.91. The highest BCUT2D eigenvalue weighted by molar-refractivity contribution is 5.80. The van der Waals surface area contributed by atoms with Gasteiger partial charge in [0, 0.05) is 57.6 Å². The minimum absolute atomic E-state index is 0.691. The molecule has 0 amide bonds. The molecule has 2 aromatic heterocycles. The zero-order valence-electron chi connectivity index (χ0n) is 19.7. The Morgan fingerprint density at radius 2 is 1.97 bits per heavy atom. The quantitative estimate of drug-likeness (QED) is 0.464. The molecule has 4 heterocycles. The lowest BCUT2D eigenvalue weighted by molar-refractivity contribution is 0.0372. The Hall–Kier alpha value is -2.86. The van der Waals surface area contributed by atoms with Crippen molar-refractivity contribution >= 4 is 11.6 Å². The molecule has 2 unspecified atom stereocenters. The largest absolute Gasteiger partial charge is 0.357 e. The Labute approximate surface area is 197 Å². The van der Waals surface area contributed by atoms with Crippen molar-refractivity contribution < 1.29 is 0 Å². The van der Waals surface area contributed by atoms with E-state index in [-0.39, 0.29) is 0 Å². The van der Waals surface area contributed by atoms with Gasteiger partial charge in [-0.15, -0.1) is 0 Å². The molecule has 0 saturated carbocycles. The number of hydrogen-bond acceptors (Lipinski definition) is 3. The summed E-state index contributed by atoms with van der Waals surface area (Å²) in [5.74, 6) is 1.79. The number of hydrogen-bond donors (Lipinski definition) is 1. The Bertz CT molecular complexity index is 1030. The lowest BCUT2D eigenvalue weighted by Crippen LogP contribution is -2.56. The zero-order chi connectivity index (χ0) is 22.5. The zero-order valence-corrected chi connectivity index (χ0v) is 19.7. The monoisotopic (exact) mass is 444 g/mol. The van der Waals surface area contributed by atoms with Gasteiger partial charge in [0.25, 0.3) is 0 Å². The Morgan fingerprint density at radius 1 is 1.09 bits per heavy atom. The summed E-state index contributed by atoms with van der Waals surface area (Å²) in [5.41, 5.74) is 3.54. The van der Waals surface area contributed by atoms with Crippen molar-refractivity contribution in [3.05, 3.63) is 72.2 Å². The molecule has 6 heteroatoms. The van der Waals surface area contributed by atoms with Gasteiger partial charge < -0.3 is 14.6 Å². The van der Waals surface area contributed by atoms with Gasteiger partial charge in [0.2, 0.25) is 0 Å². The van der Waals surface area contributed by atoms with Gasteiger partial charge in [-0.25, -0.2) is 4.98 Å². The highest BCUT2D eigenvalue weighted by Gasteiger charge is 2.36. The minimum Gasteiger partial charge on any atom is -0.357 e. The van der Waals surface area contributed by atoms with Gasteiger partial charge in [-0.05, 0) is 56.3 Å². The Balaban J connectivity index is 1.21. The van der Waals surface area contributed by atoms with E-state index in [0.29, 0.717) is 6.04 Å². The molecule has 2 atom stereocenters. The summed E-state index contributed by atoms with van der Waals surface area (Å²) in [4.78, 5) is 14.9. The summed E-state index contributed by atoms with van der Waals surface area (Å²) >= 11 is 0. The van der Waals surface area contributed by atoms with Crippen LogP contribution >= 0.6 is 0 Å². The molecule has 33 heavy (non-hydrogen) atoms. The smallest absolute Gasteiger partial charge is 0.193 e. The summed E-state index contributed by atoms with van der Waals surface area (Å²) < 4.78 is 2.08. The number of rotatable bonds is 6. The van der Waals surface area contributed by atoms with Gasteiger partial charge in [0.05, 0.1) is 5.69 Å². The average Bonchev–Trinajstić information content (AvgIpc) is 3.27. The van der Waals surface area contributed by atoms with E-state index in [1.165, 1.54) is 31.4 Å². The molecular formula is C27H36N6. The van der Waals surface area contributed by atoms with Gasteiger partial charge in [-0.1, -0.05) is 36.4 Å². The fourth-order valence-electron chi connectivity index (χ4n) is 5.52. The van der Waals surface area contributed by atoms with Crippen LogP contribution in [0.2, 0.25) is 0 Å². The molecule has 0 aliphatic carbocycles. The number of benzene rings is 1. The molecule has 3 aromatic rings. The highest BCUT2D eigenvalue weighted by atomic mass is 15.3. The van der Waals surface area contributed by atoms with Crippen molar-refractivity contribution in [1.29, 1.82) is 0 Å². The predicted molar refractivity (Wildman–Crippen MR) is 134 cm³/mol. The van der Waals surface area contributed by atoms with Gasteiger partial charge in [0.15, 0.2) is 5.96 Å². The predicted octanol–water partition coefficient (Wildman–Crippen LogP) is 3.83. The van der Waals surface area contributed by atoms with E-state index in [9.17, 15) is 0 Å². The number of pyridine rings is 1. The van der Waals surface area contributed by atoms with E-state index in [1.54, 1.807) is 0 Å². The van der Waals surface area contributed by atoms with Crippen molar-refractivity contribution in [3.63, 3.8) is 0 Å². The number of nitrogens with zero attached hydrogens (tertiary/aromatic N) is 5. The summed E-state index contributed by atoms with van der Waals surface area (Å²) in [6.07, 6.45) is 8.87. The molecule has 2 fully saturated rings. The van der Waals surface area contributed by atoms with E-state index in [2.05, 4.69) is 69.2 Å². The maximum Gasteiger partial charge on any atom is 0.193 e. The molecule has 2 aliphatic heterocycles. The summed E-state index contributed by atoms with van der Waals surface area (Å²) in [7, 11) is 0. The standard InChI is InChI=1S/C27H36N6/c1-2-28-27(29-15-13-24-21-32-16-7-6-12-26(32)30-24)33-18-14-25-23(20-33)11-8-17-31(25)19-22-9-4-3-5-10-22/h3-7,9-10,12,16,21,23,25H,2,8,11,13-15,17-20H2,1H3,(H,28,29). The topological polar surface area (TPSA) is 48.2 Å². The van der Waals surface area contributed by atoms with Gasteiger partial charge >= 0.3 is 0 Å². The first-order valence-electron chi connectivity index (χ1n) is 12.5. The molecule has 6 nitrogen and oxygen atoms in total. The number of nitrogens with one attached hydrogen (secondary N) is 1. The van der Waals surface area contributed by atoms with Crippen molar-refractivity contribution in [2.75, 3.05) is 32.7 Å². The fourth-order valence-corrected chi connectivity index (χ4v) is 5.52. The van der Waals surface area contributed by atoms with Crippen LogP contribution in [0.25, 0.3) is 5.65 Å². The number of piperidine rings is 2. The van der Waals surface area contributed by atoms with E-state index in [1.807, 2.05) is 18.2 Å². The fraction of sp³-hybridized carbons (Fsp3) is 0.481. The summed E-state index contributed by atoms with van der Waals surface area (Å²) in [6.45, 7) is 8.31. The van der Waals surface area contributed by atoms with Crippen LogP contribution in [0.4, 0.5) is 0 Å². The van der Waals surface area contributed by atoms with Crippen molar-refractivity contribution in [2.24, 2.45) is 10.9 Å². The molecule has 174 valence electrons. The second-order valence-corrected chi connectivity index (χ2v) is 9.34. The van der Waals surface area contributed by atoms with Crippen molar-refractivity contribution in [3.8, 4) is 0 Å². The third-order valence-electron chi connectivity index (χ3n) is 7.09. The number of guanidine groups is 1. The van der Waals surface area contributed by atoms with E-state index in [4.69, 9.17) is 9.98 Å². The maximum atomic E-state index is 5.00. The van der Waals surface area contributed by atoms with E-state index >= 15 is 0 Å². The van der Waals surface area contributed by atoms with Crippen LogP contribution in [0.5, 0.6) is 0 Å². The number of aliphatic imine (C=N–C) groups is 1. The molecule has 1 aromatic carbocycles. The normalized spacial score (nSPS) is 21.8. The number of fused-ring (bicyclic) bond motifs is 2. The van der Waals surface area contributed by atoms with Crippen LogP contribution in [0.3, 0.4) is 0 Å². The number of likely N-dealkylation sites (tertiary alicyclic amines) is 2. The minimum atomic E-state index is 0.691. The summed E-state index contributed by atoms with van der Waals surface area (Å²) in [5, 5.41) is 3.55. The second kappa shape index (κ2) is 10.4. The SMILES string of the molecule is CCNC(=NCCc1cn2ccccc2n1)N1CCC2C(CCCN2Cc2ccccc2)C1. The van der Waals surface area contributed by atoms with E-state index < -0.39 is 0 Å². The molecule has 2 aliphatic rings. The number of imidazole rings is 1. The number of aromatic nitrogens is 2. The van der Waals surface area contributed by atoms with Crippen molar-refractivity contribution in [2.45, 2.75) is 45.2 Å². The second-order valence-electron chi connectivity index (χ2n) is 9.34. The molecule has 1 N–H and O–H groups in total. The third-order valence-corrected chi connectivity index (χ3v) is 7.09. The molecule has 0 radical (unpaired) electrons. The van der Waals surface area contributed by atoms with Gasteiger partial charge in [-0.2, -0.15) is 0 Å². The molecule has 5 rings (SSSR count). The van der Waals surface area contributed by atoms with Crippen LogP contribution in [0, 0.1) is 5.92 Å². The van der Waals surface area contributed by atoms with Gasteiger partial charge in [0.1, 0.15) is 5.65 Å². The third kappa shape index (κ3) is 5.22. The lowest BCUT2D eigenvalue weighted by atomic mass is 9.83.